The number of unbranched alkanes of at least 4 members (excludes halogenated alkanes) is 2. The van der Waals surface area contributed by atoms with Crippen molar-refractivity contribution in [3.8, 4) is 0 Å². The molecule has 1 amide bonds. The first-order valence-electron chi connectivity index (χ1n) is 6.09. The molecule has 1 aliphatic heterocycles. The van der Waals surface area contributed by atoms with Gasteiger partial charge in [0.1, 0.15) is 6.10 Å². The largest absolute Gasteiger partial charge is 0.368 e. The molecule has 0 spiro atoms. The fourth-order valence-corrected chi connectivity index (χ4v) is 2.15. The monoisotopic (exact) mass is 247 g/mol. The Hall–Kier alpha value is -0.280. The standard InChI is InChI=1S/C12H22ClNO2/c1-10-6-9-16-11(10)12(15)14(2)8-5-3-4-7-13/h10-11H,3-9H2,1-2H3. The van der Waals surface area contributed by atoms with Crippen LogP contribution in [0.3, 0.4) is 0 Å². The Balaban J connectivity index is 2.24. The zero-order chi connectivity index (χ0) is 12.0. The topological polar surface area (TPSA) is 29.5 Å². The smallest absolute Gasteiger partial charge is 0.251 e. The van der Waals surface area contributed by atoms with Gasteiger partial charge in [0.25, 0.3) is 5.91 Å². The lowest BCUT2D eigenvalue weighted by Crippen LogP contribution is -2.39. The van der Waals surface area contributed by atoms with E-state index in [9.17, 15) is 4.79 Å². The van der Waals surface area contributed by atoms with Crippen LogP contribution in [-0.4, -0.2) is 43.0 Å². The van der Waals surface area contributed by atoms with Gasteiger partial charge in [0, 0.05) is 26.1 Å². The van der Waals surface area contributed by atoms with Crippen LogP contribution in [0.1, 0.15) is 32.6 Å². The maximum absolute atomic E-state index is 12.0. The van der Waals surface area contributed by atoms with Gasteiger partial charge in [-0.1, -0.05) is 13.3 Å². The molecule has 0 aromatic heterocycles. The van der Waals surface area contributed by atoms with Crippen LogP contribution in [0.25, 0.3) is 0 Å². The molecule has 16 heavy (non-hydrogen) atoms. The van der Waals surface area contributed by atoms with E-state index in [1.165, 1.54) is 0 Å². The summed E-state index contributed by atoms with van der Waals surface area (Å²) < 4.78 is 5.46. The third-order valence-corrected chi connectivity index (χ3v) is 3.40. The van der Waals surface area contributed by atoms with Crippen molar-refractivity contribution in [1.29, 1.82) is 0 Å². The van der Waals surface area contributed by atoms with Gasteiger partial charge in [0.15, 0.2) is 0 Å². The highest BCUT2D eigenvalue weighted by Crippen LogP contribution is 2.21. The molecular weight excluding hydrogens is 226 g/mol. The van der Waals surface area contributed by atoms with Gasteiger partial charge in [0.2, 0.25) is 0 Å². The Morgan fingerprint density at radius 2 is 2.19 bits per heavy atom. The minimum absolute atomic E-state index is 0.135. The number of carbonyl (C=O) groups excluding carboxylic acids is 1. The number of hydrogen-bond acceptors (Lipinski definition) is 2. The highest BCUT2D eigenvalue weighted by molar-refractivity contribution is 6.17. The van der Waals surface area contributed by atoms with E-state index in [1.54, 1.807) is 4.90 Å². The Bertz CT molecular complexity index is 223. The van der Waals surface area contributed by atoms with Crippen LogP contribution in [0, 0.1) is 5.92 Å². The van der Waals surface area contributed by atoms with E-state index in [4.69, 9.17) is 16.3 Å². The van der Waals surface area contributed by atoms with Crippen LogP contribution in [0.15, 0.2) is 0 Å². The van der Waals surface area contributed by atoms with Gasteiger partial charge < -0.3 is 9.64 Å². The first-order valence-corrected chi connectivity index (χ1v) is 6.62. The summed E-state index contributed by atoms with van der Waals surface area (Å²) in [5.74, 6) is 1.20. The molecule has 1 saturated heterocycles. The van der Waals surface area contributed by atoms with Crippen molar-refractivity contribution in [3.63, 3.8) is 0 Å². The quantitative estimate of drug-likeness (QED) is 0.532. The van der Waals surface area contributed by atoms with E-state index in [0.29, 0.717) is 11.8 Å². The van der Waals surface area contributed by atoms with E-state index in [1.807, 2.05) is 7.05 Å². The van der Waals surface area contributed by atoms with Gasteiger partial charge >= 0.3 is 0 Å². The highest BCUT2D eigenvalue weighted by Gasteiger charge is 2.32. The number of likely N-dealkylation sites (N-methyl/N-ethyl adjacent to an activating group) is 1. The summed E-state index contributed by atoms with van der Waals surface area (Å²) in [6.07, 6.45) is 3.92. The average molecular weight is 248 g/mol. The molecule has 0 aliphatic carbocycles. The molecule has 1 rings (SSSR count). The molecule has 3 nitrogen and oxygen atoms in total. The first-order chi connectivity index (χ1) is 7.66. The van der Waals surface area contributed by atoms with Crippen molar-refractivity contribution in [3.05, 3.63) is 0 Å². The second-order valence-electron chi connectivity index (χ2n) is 4.57. The van der Waals surface area contributed by atoms with Gasteiger partial charge in [-0.15, -0.1) is 11.6 Å². The fraction of sp³-hybridized carbons (Fsp3) is 0.917. The maximum Gasteiger partial charge on any atom is 0.251 e. The summed E-state index contributed by atoms with van der Waals surface area (Å²) >= 11 is 5.60. The number of alkyl halides is 1. The first kappa shape index (κ1) is 13.8. The van der Waals surface area contributed by atoms with Crippen LogP contribution >= 0.6 is 11.6 Å². The summed E-state index contributed by atoms with van der Waals surface area (Å²) in [4.78, 5) is 13.8. The number of nitrogens with zero attached hydrogens (tertiary/aromatic N) is 1. The number of rotatable bonds is 6. The van der Waals surface area contributed by atoms with Crippen LogP contribution in [0.2, 0.25) is 0 Å². The molecule has 0 saturated carbocycles. The van der Waals surface area contributed by atoms with E-state index >= 15 is 0 Å². The lowest BCUT2D eigenvalue weighted by Gasteiger charge is -2.22. The molecule has 0 N–H and O–H groups in total. The molecule has 2 atom stereocenters. The highest BCUT2D eigenvalue weighted by atomic mass is 35.5. The molecule has 1 fully saturated rings. The van der Waals surface area contributed by atoms with E-state index < -0.39 is 0 Å². The molecule has 0 aromatic carbocycles. The molecule has 1 aliphatic rings. The number of hydrogen-bond donors (Lipinski definition) is 0. The summed E-state index contributed by atoms with van der Waals surface area (Å²) in [5, 5.41) is 0. The van der Waals surface area contributed by atoms with E-state index in [0.717, 1.165) is 38.8 Å². The summed E-state index contributed by atoms with van der Waals surface area (Å²) in [6.45, 7) is 3.61. The fourth-order valence-electron chi connectivity index (χ4n) is 1.96. The molecule has 4 heteroatoms. The molecular formula is C12H22ClNO2. The third-order valence-electron chi connectivity index (χ3n) is 3.13. The van der Waals surface area contributed by atoms with Crippen LogP contribution < -0.4 is 0 Å². The van der Waals surface area contributed by atoms with Crippen molar-refractivity contribution < 1.29 is 9.53 Å². The lowest BCUT2D eigenvalue weighted by molar-refractivity contribution is -0.141. The second-order valence-corrected chi connectivity index (χ2v) is 4.94. The predicted molar refractivity (Wildman–Crippen MR) is 65.7 cm³/mol. The number of carbonyl (C=O) groups is 1. The van der Waals surface area contributed by atoms with Gasteiger partial charge in [-0.2, -0.15) is 0 Å². The molecule has 0 aromatic rings. The Morgan fingerprint density at radius 1 is 1.44 bits per heavy atom. The third kappa shape index (κ3) is 3.95. The summed E-state index contributed by atoms with van der Waals surface area (Å²) in [5.41, 5.74) is 0. The molecule has 0 bridgehead atoms. The van der Waals surface area contributed by atoms with Crippen molar-refractivity contribution in [2.24, 2.45) is 5.92 Å². The Kier molecular flexibility index (Phi) is 6.14. The predicted octanol–water partition coefficient (Wildman–Crippen LogP) is 2.28. The zero-order valence-electron chi connectivity index (χ0n) is 10.2. The van der Waals surface area contributed by atoms with E-state index in [2.05, 4.69) is 6.92 Å². The van der Waals surface area contributed by atoms with Crippen molar-refractivity contribution in [1.82, 2.24) is 4.90 Å². The van der Waals surface area contributed by atoms with E-state index in [-0.39, 0.29) is 12.0 Å². The number of halogens is 1. The average Bonchev–Trinajstić information content (AvgIpc) is 2.69. The summed E-state index contributed by atoms with van der Waals surface area (Å²) in [6, 6.07) is 0. The van der Waals surface area contributed by atoms with Gasteiger partial charge in [-0.05, 0) is 25.2 Å². The van der Waals surface area contributed by atoms with Gasteiger partial charge in [0.05, 0.1) is 0 Å². The van der Waals surface area contributed by atoms with Crippen LogP contribution in [0.4, 0.5) is 0 Å². The van der Waals surface area contributed by atoms with Crippen LogP contribution in [0.5, 0.6) is 0 Å². The Morgan fingerprint density at radius 3 is 2.75 bits per heavy atom. The summed E-state index contributed by atoms with van der Waals surface area (Å²) in [7, 11) is 1.86. The zero-order valence-corrected chi connectivity index (χ0v) is 11.0. The van der Waals surface area contributed by atoms with Crippen molar-refractivity contribution in [2.75, 3.05) is 26.1 Å². The van der Waals surface area contributed by atoms with Gasteiger partial charge in [-0.3, -0.25) is 4.79 Å². The minimum Gasteiger partial charge on any atom is -0.368 e. The molecule has 1 heterocycles. The Labute approximate surface area is 103 Å². The maximum atomic E-state index is 12.0. The number of amides is 1. The number of ether oxygens (including phenoxy) is 1. The molecule has 2 unspecified atom stereocenters. The normalized spacial score (nSPS) is 24.7. The second kappa shape index (κ2) is 7.13. The van der Waals surface area contributed by atoms with Crippen molar-refractivity contribution in [2.45, 2.75) is 38.7 Å². The van der Waals surface area contributed by atoms with Gasteiger partial charge in [-0.25, -0.2) is 0 Å². The lowest BCUT2D eigenvalue weighted by atomic mass is 10.0. The molecule has 94 valence electrons. The SMILES string of the molecule is CC1CCOC1C(=O)N(C)CCCCCCl. The molecule has 0 radical (unpaired) electrons. The minimum atomic E-state index is -0.210. The van der Waals surface area contributed by atoms with Crippen molar-refractivity contribution >= 4 is 17.5 Å². The van der Waals surface area contributed by atoms with Crippen LogP contribution in [-0.2, 0) is 9.53 Å².